The van der Waals surface area contributed by atoms with Crippen LogP contribution in [0.5, 0.6) is 0 Å². The Balaban J connectivity index is 1.74. The van der Waals surface area contributed by atoms with Gasteiger partial charge in [0.2, 0.25) is 5.91 Å². The number of benzene rings is 2. The van der Waals surface area contributed by atoms with Gasteiger partial charge in [-0.15, -0.1) is 0 Å². The summed E-state index contributed by atoms with van der Waals surface area (Å²) in [5.74, 6) is 0.0128. The third-order valence-corrected chi connectivity index (χ3v) is 3.77. The molecule has 3 heteroatoms. The molecule has 2 aromatic carbocycles. The first kappa shape index (κ1) is 12.9. The Morgan fingerprint density at radius 2 is 1.80 bits per heavy atom. The molecule has 3 nitrogen and oxygen atoms in total. The molecule has 0 bridgehead atoms. The fourth-order valence-corrected chi connectivity index (χ4v) is 2.72. The summed E-state index contributed by atoms with van der Waals surface area (Å²) in [5, 5.41) is 0. The van der Waals surface area contributed by atoms with Crippen LogP contribution in [0.15, 0.2) is 54.6 Å². The minimum Gasteiger partial charge on any atom is -0.320 e. The zero-order chi connectivity index (χ0) is 13.9. The van der Waals surface area contributed by atoms with Crippen molar-refractivity contribution in [2.45, 2.75) is 18.9 Å². The molecule has 0 aliphatic carbocycles. The predicted molar refractivity (Wildman–Crippen MR) is 80.6 cm³/mol. The molecule has 1 heterocycles. The van der Waals surface area contributed by atoms with Crippen LogP contribution in [0.1, 0.15) is 11.1 Å². The summed E-state index contributed by atoms with van der Waals surface area (Å²) in [6, 6.07) is 17.5. The van der Waals surface area contributed by atoms with Crippen LogP contribution in [0.3, 0.4) is 0 Å². The summed E-state index contributed by atoms with van der Waals surface area (Å²) < 4.78 is 0. The first-order chi connectivity index (χ1) is 9.75. The molecule has 2 aromatic rings. The first-order valence-electron chi connectivity index (χ1n) is 6.94. The van der Waals surface area contributed by atoms with Crippen LogP contribution in [0.2, 0.25) is 0 Å². The molecular formula is C17H18N2O. The van der Waals surface area contributed by atoms with Crippen LogP contribution in [0.25, 0.3) is 0 Å². The largest absolute Gasteiger partial charge is 0.320 e. The molecule has 102 valence electrons. The minimum absolute atomic E-state index is 0.0128. The highest BCUT2D eigenvalue weighted by molar-refractivity contribution is 5.99. The molecule has 0 aromatic heterocycles. The SMILES string of the molecule is N[C@H](Cc1ccccc1)C(=O)N1CCc2ccccc21. The van der Waals surface area contributed by atoms with E-state index in [4.69, 9.17) is 5.73 Å². The second-order valence-corrected chi connectivity index (χ2v) is 5.16. The van der Waals surface area contributed by atoms with Crippen molar-refractivity contribution in [1.29, 1.82) is 0 Å². The summed E-state index contributed by atoms with van der Waals surface area (Å²) in [4.78, 5) is 14.3. The molecule has 1 amide bonds. The molecule has 0 radical (unpaired) electrons. The molecular weight excluding hydrogens is 248 g/mol. The van der Waals surface area contributed by atoms with Gasteiger partial charge in [-0.05, 0) is 30.0 Å². The van der Waals surface area contributed by atoms with E-state index in [-0.39, 0.29) is 5.91 Å². The Morgan fingerprint density at radius 3 is 2.60 bits per heavy atom. The number of nitrogens with zero attached hydrogens (tertiary/aromatic N) is 1. The van der Waals surface area contributed by atoms with E-state index in [1.807, 2.05) is 53.4 Å². The minimum atomic E-state index is -0.483. The van der Waals surface area contributed by atoms with Gasteiger partial charge < -0.3 is 10.6 Å². The van der Waals surface area contributed by atoms with Gasteiger partial charge in [-0.25, -0.2) is 0 Å². The maximum atomic E-state index is 12.5. The lowest BCUT2D eigenvalue weighted by molar-refractivity contribution is -0.119. The maximum Gasteiger partial charge on any atom is 0.244 e. The molecule has 2 N–H and O–H groups in total. The summed E-state index contributed by atoms with van der Waals surface area (Å²) in [7, 11) is 0. The third kappa shape index (κ3) is 2.45. The van der Waals surface area contributed by atoms with Gasteiger partial charge in [-0.2, -0.15) is 0 Å². The van der Waals surface area contributed by atoms with E-state index in [0.29, 0.717) is 6.42 Å². The second-order valence-electron chi connectivity index (χ2n) is 5.16. The number of hydrogen-bond donors (Lipinski definition) is 1. The number of hydrogen-bond acceptors (Lipinski definition) is 2. The fraction of sp³-hybridized carbons (Fsp3) is 0.235. The van der Waals surface area contributed by atoms with Gasteiger partial charge in [-0.1, -0.05) is 48.5 Å². The Kier molecular flexibility index (Phi) is 3.52. The standard InChI is InChI=1S/C17H18N2O/c18-15(12-13-6-2-1-3-7-13)17(20)19-11-10-14-8-4-5-9-16(14)19/h1-9,15H,10-12,18H2/t15-/m1/s1. The van der Waals surface area contributed by atoms with Crippen molar-refractivity contribution >= 4 is 11.6 Å². The summed E-state index contributed by atoms with van der Waals surface area (Å²) in [5.41, 5.74) is 9.44. The molecule has 0 saturated carbocycles. The van der Waals surface area contributed by atoms with E-state index < -0.39 is 6.04 Å². The van der Waals surface area contributed by atoms with Crippen LogP contribution in [-0.4, -0.2) is 18.5 Å². The van der Waals surface area contributed by atoms with E-state index in [9.17, 15) is 4.79 Å². The molecule has 0 fully saturated rings. The van der Waals surface area contributed by atoms with Crippen molar-refractivity contribution in [2.24, 2.45) is 5.73 Å². The molecule has 3 rings (SSSR count). The number of fused-ring (bicyclic) bond motifs is 1. The second kappa shape index (κ2) is 5.47. The van der Waals surface area contributed by atoms with Crippen molar-refractivity contribution in [3.8, 4) is 0 Å². The Hall–Kier alpha value is -2.13. The molecule has 1 aliphatic rings. The average molecular weight is 266 g/mol. The number of rotatable bonds is 3. The highest BCUT2D eigenvalue weighted by Gasteiger charge is 2.27. The van der Waals surface area contributed by atoms with Gasteiger partial charge in [0.1, 0.15) is 0 Å². The lowest BCUT2D eigenvalue weighted by Gasteiger charge is -2.21. The number of nitrogens with two attached hydrogens (primary N) is 1. The van der Waals surface area contributed by atoms with Gasteiger partial charge in [-0.3, -0.25) is 4.79 Å². The van der Waals surface area contributed by atoms with Crippen LogP contribution in [0.4, 0.5) is 5.69 Å². The molecule has 20 heavy (non-hydrogen) atoms. The molecule has 0 unspecified atom stereocenters. The van der Waals surface area contributed by atoms with Crippen molar-refractivity contribution in [2.75, 3.05) is 11.4 Å². The lowest BCUT2D eigenvalue weighted by atomic mass is 10.1. The topological polar surface area (TPSA) is 46.3 Å². The average Bonchev–Trinajstić information content (AvgIpc) is 2.91. The quantitative estimate of drug-likeness (QED) is 0.925. The van der Waals surface area contributed by atoms with Gasteiger partial charge in [0.05, 0.1) is 6.04 Å². The predicted octanol–water partition coefficient (Wildman–Crippen LogP) is 2.15. The number of amides is 1. The fourth-order valence-electron chi connectivity index (χ4n) is 2.72. The maximum absolute atomic E-state index is 12.5. The highest BCUT2D eigenvalue weighted by atomic mass is 16.2. The van der Waals surface area contributed by atoms with E-state index in [1.165, 1.54) is 5.56 Å². The number of para-hydroxylation sites is 1. The normalized spacial score (nSPS) is 14.9. The van der Waals surface area contributed by atoms with Gasteiger partial charge >= 0.3 is 0 Å². The molecule has 0 spiro atoms. The number of carbonyl (C=O) groups excluding carboxylic acids is 1. The van der Waals surface area contributed by atoms with Crippen molar-refractivity contribution in [1.82, 2.24) is 0 Å². The summed E-state index contributed by atoms with van der Waals surface area (Å²) >= 11 is 0. The van der Waals surface area contributed by atoms with E-state index in [2.05, 4.69) is 6.07 Å². The van der Waals surface area contributed by atoms with Crippen LogP contribution < -0.4 is 10.6 Å². The molecule has 0 saturated heterocycles. The van der Waals surface area contributed by atoms with Crippen molar-refractivity contribution < 1.29 is 4.79 Å². The van der Waals surface area contributed by atoms with Crippen LogP contribution in [-0.2, 0) is 17.6 Å². The Morgan fingerprint density at radius 1 is 1.10 bits per heavy atom. The van der Waals surface area contributed by atoms with E-state index in [1.54, 1.807) is 0 Å². The lowest BCUT2D eigenvalue weighted by Crippen LogP contribution is -2.44. The van der Waals surface area contributed by atoms with Crippen LogP contribution >= 0.6 is 0 Å². The Labute approximate surface area is 119 Å². The van der Waals surface area contributed by atoms with Gasteiger partial charge in [0.15, 0.2) is 0 Å². The van der Waals surface area contributed by atoms with E-state index >= 15 is 0 Å². The van der Waals surface area contributed by atoms with E-state index in [0.717, 1.165) is 24.2 Å². The first-order valence-corrected chi connectivity index (χ1v) is 6.94. The third-order valence-electron chi connectivity index (χ3n) is 3.77. The summed E-state index contributed by atoms with van der Waals surface area (Å²) in [6.07, 6.45) is 1.50. The van der Waals surface area contributed by atoms with Crippen LogP contribution in [0, 0.1) is 0 Å². The highest BCUT2D eigenvalue weighted by Crippen LogP contribution is 2.27. The van der Waals surface area contributed by atoms with Gasteiger partial charge in [0.25, 0.3) is 0 Å². The zero-order valence-electron chi connectivity index (χ0n) is 11.3. The number of carbonyl (C=O) groups is 1. The summed E-state index contributed by atoms with van der Waals surface area (Å²) in [6.45, 7) is 0.737. The monoisotopic (exact) mass is 266 g/mol. The zero-order valence-corrected chi connectivity index (χ0v) is 11.3. The number of anilines is 1. The van der Waals surface area contributed by atoms with Crippen molar-refractivity contribution in [3.63, 3.8) is 0 Å². The molecule has 1 aliphatic heterocycles. The Bertz CT molecular complexity index is 609. The molecule has 1 atom stereocenters. The van der Waals surface area contributed by atoms with Crippen molar-refractivity contribution in [3.05, 3.63) is 65.7 Å². The smallest absolute Gasteiger partial charge is 0.244 e. The van der Waals surface area contributed by atoms with Gasteiger partial charge in [0, 0.05) is 12.2 Å².